The van der Waals surface area contributed by atoms with Crippen molar-refractivity contribution >= 4 is 22.4 Å². The molecule has 0 bridgehead atoms. The van der Waals surface area contributed by atoms with E-state index in [-0.39, 0.29) is 5.91 Å². The van der Waals surface area contributed by atoms with E-state index < -0.39 is 0 Å². The monoisotopic (exact) mass is 238 g/mol. The van der Waals surface area contributed by atoms with Crippen molar-refractivity contribution in [2.24, 2.45) is 0 Å². The lowest BCUT2D eigenvalue weighted by atomic mass is 10.0. The van der Waals surface area contributed by atoms with E-state index in [1.165, 1.54) is 6.92 Å². The average molecular weight is 238 g/mol. The molecule has 0 aliphatic heterocycles. The Morgan fingerprint density at radius 3 is 2.67 bits per heavy atom. The molecule has 0 saturated heterocycles. The first-order chi connectivity index (χ1) is 8.68. The summed E-state index contributed by atoms with van der Waals surface area (Å²) in [6.45, 7) is 1.83. The van der Waals surface area contributed by atoms with Gasteiger partial charge in [0.15, 0.2) is 0 Å². The van der Waals surface area contributed by atoms with Crippen LogP contribution < -0.4 is 11.1 Å². The van der Waals surface area contributed by atoms with Gasteiger partial charge in [-0.1, -0.05) is 36.1 Å². The third-order valence-corrected chi connectivity index (χ3v) is 2.61. The van der Waals surface area contributed by atoms with Gasteiger partial charge in [-0.05, 0) is 17.5 Å². The quantitative estimate of drug-likeness (QED) is 0.589. The predicted octanol–water partition coefficient (Wildman–Crippen LogP) is 1.91. The second-order valence-corrected chi connectivity index (χ2v) is 3.96. The fourth-order valence-corrected chi connectivity index (χ4v) is 1.74. The van der Waals surface area contributed by atoms with Crippen molar-refractivity contribution < 1.29 is 4.79 Å². The summed E-state index contributed by atoms with van der Waals surface area (Å²) in [5, 5.41) is 4.68. The van der Waals surface area contributed by atoms with Crippen LogP contribution in [0.15, 0.2) is 36.4 Å². The van der Waals surface area contributed by atoms with Crippen LogP contribution in [0.3, 0.4) is 0 Å². The third-order valence-electron chi connectivity index (χ3n) is 2.61. The average Bonchev–Trinajstić information content (AvgIpc) is 2.37. The summed E-state index contributed by atoms with van der Waals surface area (Å²) in [6.07, 6.45) is 0. The Morgan fingerprint density at radius 1 is 1.22 bits per heavy atom. The second kappa shape index (κ2) is 5.24. The Morgan fingerprint density at radius 2 is 1.94 bits per heavy atom. The first-order valence-electron chi connectivity index (χ1n) is 5.69. The van der Waals surface area contributed by atoms with Crippen LogP contribution in [-0.4, -0.2) is 12.5 Å². The summed E-state index contributed by atoms with van der Waals surface area (Å²) in [4.78, 5) is 10.7. The molecule has 3 nitrogen and oxygen atoms in total. The van der Waals surface area contributed by atoms with E-state index in [1.54, 1.807) is 0 Å². The molecule has 18 heavy (non-hydrogen) atoms. The Balaban J connectivity index is 2.34. The maximum atomic E-state index is 10.7. The Labute approximate surface area is 106 Å². The standard InChI is InChI=1S/C15H14N2O/c1-11(18)17-10-4-5-12-8-9-15(16)14-7-3-2-6-13(12)14/h2-3,6-9H,10,16H2,1H3,(H,17,18). The number of benzene rings is 2. The molecule has 3 heteroatoms. The van der Waals surface area contributed by atoms with Gasteiger partial charge >= 0.3 is 0 Å². The molecule has 0 saturated carbocycles. The molecule has 0 aliphatic carbocycles. The SMILES string of the molecule is CC(=O)NCC#Cc1ccc(N)c2ccccc12. The maximum Gasteiger partial charge on any atom is 0.217 e. The van der Waals surface area contributed by atoms with Crippen LogP contribution in [0.4, 0.5) is 5.69 Å². The summed E-state index contributed by atoms with van der Waals surface area (Å²) >= 11 is 0. The van der Waals surface area contributed by atoms with Crippen molar-refractivity contribution in [2.75, 3.05) is 12.3 Å². The fourth-order valence-electron chi connectivity index (χ4n) is 1.74. The molecule has 0 atom stereocenters. The molecule has 2 rings (SSSR count). The van der Waals surface area contributed by atoms with Crippen molar-refractivity contribution in [3.8, 4) is 11.8 Å². The highest BCUT2D eigenvalue weighted by Gasteiger charge is 2.00. The van der Waals surface area contributed by atoms with Crippen LogP contribution >= 0.6 is 0 Å². The number of fused-ring (bicyclic) bond motifs is 1. The van der Waals surface area contributed by atoms with Crippen LogP contribution in [-0.2, 0) is 4.79 Å². The van der Waals surface area contributed by atoms with Gasteiger partial charge in [0.05, 0.1) is 6.54 Å². The highest BCUT2D eigenvalue weighted by Crippen LogP contribution is 2.23. The van der Waals surface area contributed by atoms with E-state index in [0.717, 1.165) is 22.0 Å². The predicted molar refractivity (Wildman–Crippen MR) is 73.9 cm³/mol. The molecule has 0 aromatic heterocycles. The number of hydrogen-bond donors (Lipinski definition) is 2. The van der Waals surface area contributed by atoms with Gasteiger partial charge in [-0.25, -0.2) is 0 Å². The number of carbonyl (C=O) groups is 1. The molecule has 2 aromatic carbocycles. The minimum atomic E-state index is -0.0773. The Kier molecular flexibility index (Phi) is 3.49. The largest absolute Gasteiger partial charge is 0.398 e. The minimum Gasteiger partial charge on any atom is -0.398 e. The zero-order valence-corrected chi connectivity index (χ0v) is 10.2. The lowest BCUT2D eigenvalue weighted by Crippen LogP contribution is -2.19. The number of anilines is 1. The van der Waals surface area contributed by atoms with Crippen LogP contribution in [0.5, 0.6) is 0 Å². The van der Waals surface area contributed by atoms with Crippen molar-refractivity contribution in [3.63, 3.8) is 0 Å². The minimum absolute atomic E-state index is 0.0773. The number of nitrogens with two attached hydrogens (primary N) is 1. The molecule has 3 N–H and O–H groups in total. The van der Waals surface area contributed by atoms with Crippen molar-refractivity contribution in [1.82, 2.24) is 5.32 Å². The lowest BCUT2D eigenvalue weighted by Gasteiger charge is -2.03. The summed E-state index contributed by atoms with van der Waals surface area (Å²) in [7, 11) is 0. The molecular weight excluding hydrogens is 224 g/mol. The number of carbonyl (C=O) groups excluding carboxylic acids is 1. The lowest BCUT2D eigenvalue weighted by molar-refractivity contribution is -0.118. The zero-order valence-electron chi connectivity index (χ0n) is 10.2. The topological polar surface area (TPSA) is 55.1 Å². The number of rotatable bonds is 1. The van der Waals surface area contributed by atoms with E-state index in [0.29, 0.717) is 6.54 Å². The molecule has 0 fully saturated rings. The summed E-state index contributed by atoms with van der Waals surface area (Å²) < 4.78 is 0. The summed E-state index contributed by atoms with van der Waals surface area (Å²) in [5.41, 5.74) is 7.58. The van der Waals surface area contributed by atoms with Gasteiger partial charge < -0.3 is 11.1 Å². The van der Waals surface area contributed by atoms with Crippen LogP contribution in [0, 0.1) is 11.8 Å². The number of amides is 1. The first-order valence-corrected chi connectivity index (χ1v) is 5.69. The van der Waals surface area contributed by atoms with Gasteiger partial charge in [0.1, 0.15) is 0 Å². The molecular formula is C15H14N2O. The van der Waals surface area contributed by atoms with Crippen LogP contribution in [0.2, 0.25) is 0 Å². The van der Waals surface area contributed by atoms with Gasteiger partial charge in [0.25, 0.3) is 0 Å². The van der Waals surface area contributed by atoms with Crippen LogP contribution in [0.25, 0.3) is 10.8 Å². The molecule has 90 valence electrons. The molecule has 0 unspecified atom stereocenters. The van der Waals surface area contributed by atoms with E-state index in [1.807, 2.05) is 36.4 Å². The smallest absolute Gasteiger partial charge is 0.217 e. The second-order valence-electron chi connectivity index (χ2n) is 3.96. The number of nitrogens with one attached hydrogen (secondary N) is 1. The molecule has 2 aromatic rings. The van der Waals surface area contributed by atoms with Gasteiger partial charge in [-0.2, -0.15) is 0 Å². The summed E-state index contributed by atoms with van der Waals surface area (Å²) in [6, 6.07) is 11.6. The third kappa shape index (κ3) is 2.61. The van der Waals surface area contributed by atoms with E-state index in [9.17, 15) is 4.79 Å². The van der Waals surface area contributed by atoms with Crippen molar-refractivity contribution in [2.45, 2.75) is 6.92 Å². The van der Waals surface area contributed by atoms with Gasteiger partial charge in [0.2, 0.25) is 5.91 Å². The number of hydrogen-bond acceptors (Lipinski definition) is 2. The maximum absolute atomic E-state index is 10.7. The summed E-state index contributed by atoms with van der Waals surface area (Å²) in [5.74, 6) is 5.89. The molecule has 0 spiro atoms. The van der Waals surface area contributed by atoms with Crippen LogP contribution in [0.1, 0.15) is 12.5 Å². The zero-order chi connectivity index (χ0) is 13.0. The fraction of sp³-hybridized carbons (Fsp3) is 0.133. The molecule has 1 amide bonds. The van der Waals surface area contributed by atoms with E-state index in [2.05, 4.69) is 17.2 Å². The molecule has 0 radical (unpaired) electrons. The van der Waals surface area contributed by atoms with Gasteiger partial charge in [-0.3, -0.25) is 4.79 Å². The van der Waals surface area contributed by atoms with Gasteiger partial charge in [-0.15, -0.1) is 0 Å². The highest BCUT2D eigenvalue weighted by molar-refractivity contribution is 5.96. The Bertz CT molecular complexity index is 650. The number of nitrogen functional groups attached to an aromatic ring is 1. The first kappa shape index (κ1) is 12.0. The van der Waals surface area contributed by atoms with Gasteiger partial charge in [0, 0.05) is 23.6 Å². The highest BCUT2D eigenvalue weighted by atomic mass is 16.1. The van der Waals surface area contributed by atoms with Crippen molar-refractivity contribution in [1.29, 1.82) is 0 Å². The van der Waals surface area contributed by atoms with E-state index in [4.69, 9.17) is 5.73 Å². The van der Waals surface area contributed by atoms with Crippen molar-refractivity contribution in [3.05, 3.63) is 42.0 Å². The normalized spacial score (nSPS) is 9.61. The van der Waals surface area contributed by atoms with E-state index >= 15 is 0 Å². The Hall–Kier alpha value is -2.47. The molecule has 0 aliphatic rings. The molecule has 0 heterocycles.